The molecule has 0 spiro atoms. The van der Waals surface area contributed by atoms with E-state index in [1.807, 2.05) is 6.92 Å². The minimum absolute atomic E-state index is 0.0460. The third-order valence-electron chi connectivity index (χ3n) is 3.45. The predicted molar refractivity (Wildman–Crippen MR) is 80.7 cm³/mol. The first-order valence-corrected chi connectivity index (χ1v) is 8.65. The molecule has 0 radical (unpaired) electrons. The lowest BCUT2D eigenvalue weighted by Gasteiger charge is -2.14. The maximum Gasteiger partial charge on any atom is 0.308 e. The van der Waals surface area contributed by atoms with Crippen molar-refractivity contribution < 1.29 is 9.90 Å². The van der Waals surface area contributed by atoms with Crippen LogP contribution < -0.4 is 0 Å². The predicted octanol–water partition coefficient (Wildman–Crippen LogP) is 2.30. The van der Waals surface area contributed by atoms with E-state index in [9.17, 15) is 4.79 Å². The Morgan fingerprint density at radius 1 is 1.43 bits per heavy atom. The van der Waals surface area contributed by atoms with Gasteiger partial charge in [0, 0.05) is 17.8 Å². The number of carboxylic acid groups (broad SMARTS) is 1. The van der Waals surface area contributed by atoms with Crippen molar-refractivity contribution in [3.05, 3.63) is 22.2 Å². The Balaban J connectivity index is 1.68. The molecule has 0 saturated carbocycles. The third kappa shape index (κ3) is 3.26. The Hall–Kier alpha value is -1.41. The maximum atomic E-state index is 10.8. The average Bonchev–Trinajstić information content (AvgIpc) is 3.00. The molecule has 3 heterocycles. The summed E-state index contributed by atoms with van der Waals surface area (Å²) in [6, 6.07) is 0. The summed E-state index contributed by atoms with van der Waals surface area (Å²) in [5.74, 6) is 1.98. The van der Waals surface area contributed by atoms with Gasteiger partial charge >= 0.3 is 5.97 Å². The zero-order chi connectivity index (χ0) is 14.8. The SMILES string of the molecule is Cc1nc(SCc2nnc3n2CCCC3)sc1CC(=O)O. The molecule has 1 N–H and O–H groups in total. The van der Waals surface area contributed by atoms with Crippen molar-refractivity contribution in [1.82, 2.24) is 19.7 Å². The number of rotatable bonds is 5. The van der Waals surface area contributed by atoms with Gasteiger partial charge in [-0.1, -0.05) is 11.8 Å². The normalized spacial score (nSPS) is 14.1. The summed E-state index contributed by atoms with van der Waals surface area (Å²) in [7, 11) is 0. The highest BCUT2D eigenvalue weighted by atomic mass is 32.2. The molecule has 112 valence electrons. The van der Waals surface area contributed by atoms with E-state index in [4.69, 9.17) is 5.11 Å². The van der Waals surface area contributed by atoms with Crippen LogP contribution in [0.25, 0.3) is 0 Å². The Kier molecular flexibility index (Phi) is 4.25. The van der Waals surface area contributed by atoms with E-state index in [2.05, 4.69) is 19.7 Å². The minimum Gasteiger partial charge on any atom is -0.481 e. The molecule has 1 aliphatic heterocycles. The molecule has 21 heavy (non-hydrogen) atoms. The number of nitrogens with zero attached hydrogens (tertiary/aromatic N) is 4. The highest BCUT2D eigenvalue weighted by molar-refractivity contribution is 8.00. The lowest BCUT2D eigenvalue weighted by Crippen LogP contribution is -2.12. The fourth-order valence-electron chi connectivity index (χ4n) is 2.37. The molecule has 1 aliphatic rings. The Bertz CT molecular complexity index is 665. The number of aromatic nitrogens is 4. The van der Waals surface area contributed by atoms with Crippen LogP contribution in [-0.2, 0) is 29.9 Å². The summed E-state index contributed by atoms with van der Waals surface area (Å²) < 4.78 is 3.10. The number of carbonyl (C=O) groups is 1. The zero-order valence-corrected chi connectivity index (χ0v) is 13.3. The van der Waals surface area contributed by atoms with Crippen molar-refractivity contribution in [2.75, 3.05) is 0 Å². The number of thioether (sulfide) groups is 1. The number of aliphatic carboxylic acids is 1. The fourth-order valence-corrected chi connectivity index (χ4v) is 4.53. The molecule has 0 bridgehead atoms. The van der Waals surface area contributed by atoms with Gasteiger partial charge in [-0.3, -0.25) is 4.79 Å². The molecule has 0 saturated heterocycles. The quantitative estimate of drug-likeness (QED) is 0.850. The molecule has 8 heteroatoms. The van der Waals surface area contributed by atoms with Crippen LogP contribution in [0.3, 0.4) is 0 Å². The van der Waals surface area contributed by atoms with E-state index < -0.39 is 5.97 Å². The van der Waals surface area contributed by atoms with Gasteiger partial charge in [0.05, 0.1) is 17.9 Å². The first kappa shape index (κ1) is 14.5. The maximum absolute atomic E-state index is 10.8. The van der Waals surface area contributed by atoms with Crippen molar-refractivity contribution in [3.8, 4) is 0 Å². The van der Waals surface area contributed by atoms with Gasteiger partial charge in [-0.25, -0.2) is 4.98 Å². The molecule has 0 atom stereocenters. The molecular formula is C13H16N4O2S2. The second-order valence-electron chi connectivity index (χ2n) is 4.99. The number of aryl methyl sites for hydroxylation is 2. The van der Waals surface area contributed by atoms with E-state index in [0.717, 1.165) is 45.3 Å². The van der Waals surface area contributed by atoms with E-state index in [0.29, 0.717) is 0 Å². The number of fused-ring (bicyclic) bond motifs is 1. The molecule has 6 nitrogen and oxygen atoms in total. The van der Waals surface area contributed by atoms with Gasteiger partial charge in [-0.15, -0.1) is 21.5 Å². The number of thiazole rings is 1. The van der Waals surface area contributed by atoms with E-state index in [1.54, 1.807) is 11.8 Å². The van der Waals surface area contributed by atoms with Gasteiger partial charge in [-0.05, 0) is 19.8 Å². The largest absolute Gasteiger partial charge is 0.481 e. The smallest absolute Gasteiger partial charge is 0.308 e. The Morgan fingerprint density at radius 3 is 3.10 bits per heavy atom. The molecule has 0 amide bonds. The van der Waals surface area contributed by atoms with Crippen LogP contribution in [0.5, 0.6) is 0 Å². The first-order valence-electron chi connectivity index (χ1n) is 6.85. The second-order valence-corrected chi connectivity index (χ2v) is 7.29. The van der Waals surface area contributed by atoms with Crippen LogP contribution in [0.4, 0.5) is 0 Å². The summed E-state index contributed by atoms with van der Waals surface area (Å²) in [5.41, 5.74) is 0.813. The summed E-state index contributed by atoms with van der Waals surface area (Å²) in [4.78, 5) is 16.0. The van der Waals surface area contributed by atoms with Crippen molar-refractivity contribution in [3.63, 3.8) is 0 Å². The van der Waals surface area contributed by atoms with Gasteiger partial charge in [-0.2, -0.15) is 0 Å². The highest BCUT2D eigenvalue weighted by Crippen LogP contribution is 2.30. The lowest BCUT2D eigenvalue weighted by molar-refractivity contribution is -0.136. The van der Waals surface area contributed by atoms with Crippen LogP contribution in [0.15, 0.2) is 4.34 Å². The standard InChI is InChI=1S/C13H16N4O2S2/c1-8-9(6-12(18)19)21-13(14-8)20-7-11-16-15-10-4-2-3-5-17(10)11/h2-7H2,1H3,(H,18,19). The molecular weight excluding hydrogens is 308 g/mol. The summed E-state index contributed by atoms with van der Waals surface area (Å²) in [5, 5.41) is 17.4. The van der Waals surface area contributed by atoms with E-state index in [1.165, 1.54) is 24.2 Å². The number of hydrogen-bond donors (Lipinski definition) is 1. The lowest BCUT2D eigenvalue weighted by atomic mass is 10.2. The summed E-state index contributed by atoms with van der Waals surface area (Å²) in [6.07, 6.45) is 3.43. The van der Waals surface area contributed by atoms with Crippen molar-refractivity contribution in [2.24, 2.45) is 0 Å². The zero-order valence-electron chi connectivity index (χ0n) is 11.7. The van der Waals surface area contributed by atoms with Gasteiger partial charge < -0.3 is 9.67 Å². The minimum atomic E-state index is -0.815. The van der Waals surface area contributed by atoms with E-state index >= 15 is 0 Å². The third-order valence-corrected chi connectivity index (χ3v) is 5.74. The van der Waals surface area contributed by atoms with Crippen molar-refractivity contribution >= 4 is 29.1 Å². The van der Waals surface area contributed by atoms with Gasteiger partial charge in [0.15, 0.2) is 4.34 Å². The van der Waals surface area contributed by atoms with Crippen LogP contribution in [-0.4, -0.2) is 30.8 Å². The molecule has 0 aromatic carbocycles. The topological polar surface area (TPSA) is 80.9 Å². The molecule has 2 aromatic rings. The summed E-state index contributed by atoms with van der Waals surface area (Å²) in [6.45, 7) is 2.86. The molecule has 0 aliphatic carbocycles. The van der Waals surface area contributed by atoms with Crippen LogP contribution in [0.1, 0.15) is 35.1 Å². The van der Waals surface area contributed by atoms with Crippen LogP contribution in [0, 0.1) is 6.92 Å². The van der Waals surface area contributed by atoms with E-state index in [-0.39, 0.29) is 6.42 Å². The first-order chi connectivity index (χ1) is 10.1. The molecule has 0 unspecified atom stereocenters. The second kappa shape index (κ2) is 6.15. The van der Waals surface area contributed by atoms with Crippen LogP contribution >= 0.6 is 23.1 Å². The molecule has 2 aromatic heterocycles. The Morgan fingerprint density at radius 2 is 2.29 bits per heavy atom. The highest BCUT2D eigenvalue weighted by Gasteiger charge is 2.17. The molecule has 0 fully saturated rings. The van der Waals surface area contributed by atoms with Gasteiger partial charge in [0.2, 0.25) is 0 Å². The Labute approximate surface area is 130 Å². The molecule has 3 rings (SSSR count). The van der Waals surface area contributed by atoms with Crippen molar-refractivity contribution in [1.29, 1.82) is 0 Å². The fraction of sp³-hybridized carbons (Fsp3) is 0.538. The van der Waals surface area contributed by atoms with Gasteiger partial charge in [0.25, 0.3) is 0 Å². The van der Waals surface area contributed by atoms with Crippen molar-refractivity contribution in [2.45, 2.75) is 49.2 Å². The monoisotopic (exact) mass is 324 g/mol. The van der Waals surface area contributed by atoms with Gasteiger partial charge in [0.1, 0.15) is 11.6 Å². The average molecular weight is 324 g/mol. The number of hydrogen-bond acceptors (Lipinski definition) is 6. The summed E-state index contributed by atoms with van der Waals surface area (Å²) >= 11 is 3.06. The number of carboxylic acids is 1. The van der Waals surface area contributed by atoms with Crippen LogP contribution in [0.2, 0.25) is 0 Å².